The number of amides is 3. The van der Waals surface area contributed by atoms with Gasteiger partial charge in [0.25, 0.3) is 0 Å². The van der Waals surface area contributed by atoms with Gasteiger partial charge in [0.05, 0.1) is 18.6 Å². The van der Waals surface area contributed by atoms with E-state index in [9.17, 15) is 34.2 Å². The molecule has 0 saturated heterocycles. The largest absolute Gasteiger partial charge is 0.481 e. The van der Waals surface area contributed by atoms with Gasteiger partial charge in [0.2, 0.25) is 17.7 Å². The topological polar surface area (TPSA) is 208 Å². The van der Waals surface area contributed by atoms with E-state index in [0.717, 1.165) is 0 Å². The lowest BCUT2D eigenvalue weighted by Crippen LogP contribution is -2.60. The third-order valence-electron chi connectivity index (χ3n) is 4.33. The summed E-state index contributed by atoms with van der Waals surface area (Å²) in [6.45, 7) is 7.64. The molecule has 5 atom stereocenters. The van der Waals surface area contributed by atoms with Crippen LogP contribution in [0.3, 0.4) is 0 Å². The van der Waals surface area contributed by atoms with Crippen LogP contribution in [0.4, 0.5) is 0 Å². The zero-order valence-corrected chi connectivity index (χ0v) is 17.7. The molecule has 0 spiro atoms. The first-order valence-electron chi connectivity index (χ1n) is 9.48. The molecule has 12 heteroatoms. The van der Waals surface area contributed by atoms with Crippen molar-refractivity contribution in [3.8, 4) is 0 Å². The molecule has 30 heavy (non-hydrogen) atoms. The van der Waals surface area contributed by atoms with E-state index in [1.165, 1.54) is 6.92 Å². The van der Waals surface area contributed by atoms with Crippen LogP contribution in [0.15, 0.2) is 0 Å². The fourth-order valence-electron chi connectivity index (χ4n) is 2.37. The number of nitrogens with two attached hydrogens (primary N) is 1. The number of aliphatic hydroxyl groups is 1. The Labute approximate surface area is 174 Å². The van der Waals surface area contributed by atoms with Gasteiger partial charge in [-0.1, -0.05) is 27.7 Å². The summed E-state index contributed by atoms with van der Waals surface area (Å²) in [5.41, 5.74) is 5.70. The van der Waals surface area contributed by atoms with Crippen molar-refractivity contribution in [2.24, 2.45) is 17.6 Å². The van der Waals surface area contributed by atoms with E-state index in [1.807, 2.05) is 0 Å². The number of hydrogen-bond acceptors (Lipinski definition) is 7. The molecule has 3 amide bonds. The highest BCUT2D eigenvalue weighted by atomic mass is 16.4. The molecule has 0 aromatic carbocycles. The van der Waals surface area contributed by atoms with Crippen LogP contribution in [-0.2, 0) is 24.0 Å². The molecule has 0 aliphatic carbocycles. The van der Waals surface area contributed by atoms with Crippen molar-refractivity contribution in [3.63, 3.8) is 0 Å². The molecule has 8 N–H and O–H groups in total. The highest BCUT2D eigenvalue weighted by Crippen LogP contribution is 2.05. The van der Waals surface area contributed by atoms with Gasteiger partial charge in [-0.15, -0.1) is 0 Å². The van der Waals surface area contributed by atoms with E-state index >= 15 is 0 Å². The lowest BCUT2D eigenvalue weighted by molar-refractivity contribution is -0.145. The standard InChI is InChI=1S/C18H32N4O8/c1-7(2)12(19)16(27)20-10(6-11(24)25)15(26)22-14(9(5)23)17(28)21-13(8(3)4)18(29)30/h7-10,12-14,23H,6,19H2,1-5H3,(H,20,27)(H,21,28)(H,22,26)(H,24,25)(H,29,30). The molecule has 12 nitrogen and oxygen atoms in total. The van der Waals surface area contributed by atoms with Gasteiger partial charge >= 0.3 is 11.9 Å². The number of aliphatic carboxylic acids is 2. The summed E-state index contributed by atoms with van der Waals surface area (Å²) in [6.07, 6.45) is -2.23. The van der Waals surface area contributed by atoms with Crippen LogP contribution in [0.5, 0.6) is 0 Å². The van der Waals surface area contributed by atoms with Crippen LogP contribution in [-0.4, -0.2) is 75.3 Å². The smallest absolute Gasteiger partial charge is 0.326 e. The lowest BCUT2D eigenvalue weighted by atomic mass is 10.0. The predicted octanol–water partition coefficient (Wildman–Crippen LogP) is -1.98. The van der Waals surface area contributed by atoms with Gasteiger partial charge in [0.15, 0.2) is 0 Å². The van der Waals surface area contributed by atoms with Crippen molar-refractivity contribution in [2.45, 2.75) is 71.3 Å². The quantitative estimate of drug-likeness (QED) is 0.182. The van der Waals surface area contributed by atoms with Crippen LogP contribution >= 0.6 is 0 Å². The van der Waals surface area contributed by atoms with E-state index in [2.05, 4.69) is 16.0 Å². The third kappa shape index (κ3) is 8.74. The second kappa shape index (κ2) is 12.1. The number of carboxylic acid groups (broad SMARTS) is 2. The Bertz CT molecular complexity index is 650. The van der Waals surface area contributed by atoms with Crippen LogP contribution in [0.2, 0.25) is 0 Å². The predicted molar refractivity (Wildman–Crippen MR) is 105 cm³/mol. The molecule has 0 aromatic rings. The van der Waals surface area contributed by atoms with Crippen molar-refractivity contribution in [3.05, 3.63) is 0 Å². The van der Waals surface area contributed by atoms with Gasteiger partial charge in [0.1, 0.15) is 18.1 Å². The summed E-state index contributed by atoms with van der Waals surface area (Å²) >= 11 is 0. The minimum Gasteiger partial charge on any atom is -0.481 e. The summed E-state index contributed by atoms with van der Waals surface area (Å²) in [5, 5.41) is 34.7. The normalized spacial score (nSPS) is 16.2. The van der Waals surface area contributed by atoms with Gasteiger partial charge in [-0.05, 0) is 18.8 Å². The van der Waals surface area contributed by atoms with Gasteiger partial charge < -0.3 is 37.0 Å². The molecular weight excluding hydrogens is 400 g/mol. The first kappa shape index (κ1) is 27.3. The number of rotatable bonds is 12. The van der Waals surface area contributed by atoms with E-state index in [0.29, 0.717) is 0 Å². The average molecular weight is 432 g/mol. The summed E-state index contributed by atoms with van der Waals surface area (Å²) < 4.78 is 0. The molecule has 0 fully saturated rings. The zero-order valence-electron chi connectivity index (χ0n) is 17.7. The summed E-state index contributed by atoms with van der Waals surface area (Å²) in [7, 11) is 0. The maximum atomic E-state index is 12.5. The Hall–Kier alpha value is -2.73. The number of hydrogen-bond donors (Lipinski definition) is 7. The SMILES string of the molecule is CC(C)C(N)C(=O)NC(CC(=O)O)C(=O)NC(C(=O)NC(C(=O)O)C(C)C)C(C)O. The zero-order chi connectivity index (χ0) is 23.8. The number of carboxylic acids is 2. The Morgan fingerprint density at radius 3 is 1.63 bits per heavy atom. The van der Waals surface area contributed by atoms with Gasteiger partial charge in [0, 0.05) is 0 Å². The molecule has 0 aliphatic heterocycles. The van der Waals surface area contributed by atoms with Crippen molar-refractivity contribution >= 4 is 29.7 Å². The molecule has 0 heterocycles. The van der Waals surface area contributed by atoms with Crippen molar-refractivity contribution in [2.75, 3.05) is 0 Å². The Balaban J connectivity index is 5.46. The molecule has 0 rings (SSSR count). The number of nitrogens with one attached hydrogen (secondary N) is 3. The van der Waals surface area contributed by atoms with Crippen molar-refractivity contribution < 1.29 is 39.3 Å². The average Bonchev–Trinajstić information content (AvgIpc) is 2.60. The maximum absolute atomic E-state index is 12.5. The first-order chi connectivity index (χ1) is 13.7. The van der Waals surface area contributed by atoms with Crippen molar-refractivity contribution in [1.82, 2.24) is 16.0 Å². The lowest BCUT2D eigenvalue weighted by Gasteiger charge is -2.27. The van der Waals surface area contributed by atoms with E-state index in [4.69, 9.17) is 10.8 Å². The molecule has 0 aliphatic rings. The molecule has 0 saturated carbocycles. The van der Waals surface area contributed by atoms with Crippen molar-refractivity contribution in [1.29, 1.82) is 0 Å². The highest BCUT2D eigenvalue weighted by Gasteiger charge is 2.34. The van der Waals surface area contributed by atoms with E-state index in [1.54, 1.807) is 27.7 Å². The van der Waals surface area contributed by atoms with Gasteiger partial charge in [-0.2, -0.15) is 0 Å². The monoisotopic (exact) mass is 432 g/mol. The molecule has 0 aromatic heterocycles. The van der Waals surface area contributed by atoms with Gasteiger partial charge in [-0.25, -0.2) is 4.79 Å². The maximum Gasteiger partial charge on any atom is 0.326 e. The molecular formula is C18H32N4O8. The van der Waals surface area contributed by atoms with E-state index in [-0.39, 0.29) is 5.92 Å². The summed E-state index contributed by atoms with van der Waals surface area (Å²) in [5.74, 6) is -6.22. The highest BCUT2D eigenvalue weighted by molar-refractivity contribution is 5.95. The Morgan fingerprint density at radius 2 is 1.27 bits per heavy atom. The molecule has 172 valence electrons. The molecule has 0 radical (unpaired) electrons. The molecule has 5 unspecified atom stereocenters. The summed E-state index contributed by atoms with van der Waals surface area (Å²) in [6, 6.07) is -5.40. The van der Waals surface area contributed by atoms with Gasteiger partial charge in [-0.3, -0.25) is 19.2 Å². The molecule has 0 bridgehead atoms. The second-order valence-corrected chi connectivity index (χ2v) is 7.72. The number of carbonyl (C=O) groups excluding carboxylic acids is 3. The van der Waals surface area contributed by atoms with E-state index < -0.39 is 72.3 Å². The minimum absolute atomic E-state index is 0.279. The first-order valence-corrected chi connectivity index (χ1v) is 9.48. The fourth-order valence-corrected chi connectivity index (χ4v) is 2.37. The third-order valence-corrected chi connectivity index (χ3v) is 4.33. The number of carbonyl (C=O) groups is 5. The van der Waals surface area contributed by atoms with Crippen LogP contribution < -0.4 is 21.7 Å². The summed E-state index contributed by atoms with van der Waals surface area (Å²) in [4.78, 5) is 59.5. The van der Waals surface area contributed by atoms with Crippen LogP contribution in [0.25, 0.3) is 0 Å². The second-order valence-electron chi connectivity index (χ2n) is 7.72. The minimum atomic E-state index is -1.58. The van der Waals surface area contributed by atoms with Crippen LogP contribution in [0, 0.1) is 11.8 Å². The Kier molecular flexibility index (Phi) is 11.0. The Morgan fingerprint density at radius 1 is 0.767 bits per heavy atom. The van der Waals surface area contributed by atoms with Crippen LogP contribution in [0.1, 0.15) is 41.0 Å². The fraction of sp³-hybridized carbons (Fsp3) is 0.722. The number of aliphatic hydroxyl groups excluding tert-OH is 1.